The summed E-state index contributed by atoms with van der Waals surface area (Å²) in [5.74, 6) is 0.790. The van der Waals surface area contributed by atoms with Crippen molar-refractivity contribution in [2.45, 2.75) is 6.92 Å². The van der Waals surface area contributed by atoms with Crippen LogP contribution in [0.2, 0.25) is 0 Å². The minimum Gasteiger partial charge on any atom is -0.492 e. The van der Waals surface area contributed by atoms with Crippen LogP contribution in [0.5, 0.6) is 5.75 Å². The molecule has 16 heavy (non-hydrogen) atoms. The molecule has 0 atom stereocenters. The second-order valence-corrected chi connectivity index (χ2v) is 3.28. The lowest BCUT2D eigenvalue weighted by atomic mass is 10.3. The molecule has 1 aromatic heterocycles. The molecule has 3 heteroatoms. The molecular formula is C13H12N2O. The minimum absolute atomic E-state index is 0.604. The average Bonchev–Trinajstić information content (AvgIpc) is 2.78. The van der Waals surface area contributed by atoms with E-state index in [9.17, 15) is 0 Å². The number of ether oxygens (including phenoxy) is 1. The van der Waals surface area contributed by atoms with Gasteiger partial charge >= 0.3 is 0 Å². The van der Waals surface area contributed by atoms with Gasteiger partial charge in [0.2, 0.25) is 0 Å². The van der Waals surface area contributed by atoms with Crippen LogP contribution in [0.4, 0.5) is 0 Å². The van der Waals surface area contributed by atoms with Gasteiger partial charge in [-0.25, -0.2) is 0 Å². The summed E-state index contributed by atoms with van der Waals surface area (Å²) >= 11 is 0. The predicted octanol–water partition coefficient (Wildman–Crippen LogP) is 2.75. The highest BCUT2D eigenvalue weighted by Crippen LogP contribution is 2.23. The van der Waals surface area contributed by atoms with Crippen LogP contribution in [0.25, 0.3) is 5.69 Å². The summed E-state index contributed by atoms with van der Waals surface area (Å²) in [7, 11) is 0. The third-order valence-electron chi connectivity index (χ3n) is 2.29. The standard InChI is InChI=1S/C13H12N2O/c1-2-16-13-8-4-3-7-12(13)15-9-5-6-11(15)10-14/h3-9H,2H2,1H3. The third-order valence-corrected chi connectivity index (χ3v) is 2.29. The van der Waals surface area contributed by atoms with E-state index in [0.29, 0.717) is 12.3 Å². The van der Waals surface area contributed by atoms with E-state index < -0.39 is 0 Å². The maximum atomic E-state index is 8.98. The van der Waals surface area contributed by atoms with E-state index in [2.05, 4.69) is 6.07 Å². The molecule has 0 bridgehead atoms. The molecule has 1 heterocycles. The highest BCUT2D eigenvalue weighted by Gasteiger charge is 2.07. The molecule has 0 amide bonds. The maximum absolute atomic E-state index is 8.98. The van der Waals surface area contributed by atoms with Crippen LogP contribution in [0.1, 0.15) is 12.6 Å². The number of aromatic nitrogens is 1. The summed E-state index contributed by atoms with van der Waals surface area (Å²) in [6.07, 6.45) is 1.86. The van der Waals surface area contributed by atoms with Crippen LogP contribution in [0, 0.1) is 11.3 Å². The Morgan fingerprint density at radius 1 is 1.25 bits per heavy atom. The van der Waals surface area contributed by atoms with E-state index in [1.807, 2.05) is 48.0 Å². The van der Waals surface area contributed by atoms with Crippen molar-refractivity contribution in [1.82, 2.24) is 4.57 Å². The summed E-state index contributed by atoms with van der Waals surface area (Å²) in [6.45, 7) is 2.55. The van der Waals surface area contributed by atoms with Gasteiger partial charge in [0.05, 0.1) is 12.3 Å². The zero-order valence-electron chi connectivity index (χ0n) is 9.05. The van der Waals surface area contributed by atoms with E-state index in [1.165, 1.54) is 0 Å². The van der Waals surface area contributed by atoms with Crippen molar-refractivity contribution in [1.29, 1.82) is 5.26 Å². The SMILES string of the molecule is CCOc1ccccc1-n1cccc1C#N. The number of rotatable bonds is 3. The Labute approximate surface area is 94.5 Å². The van der Waals surface area contributed by atoms with E-state index >= 15 is 0 Å². The lowest BCUT2D eigenvalue weighted by Crippen LogP contribution is -2.00. The van der Waals surface area contributed by atoms with Gasteiger partial charge in [-0.15, -0.1) is 0 Å². The first-order chi connectivity index (χ1) is 7.86. The summed E-state index contributed by atoms with van der Waals surface area (Å²) in [6, 6.07) is 13.5. The Bertz CT molecular complexity index is 523. The molecule has 2 aromatic rings. The molecule has 0 radical (unpaired) electrons. The summed E-state index contributed by atoms with van der Waals surface area (Å²) < 4.78 is 7.35. The number of hydrogen-bond acceptors (Lipinski definition) is 2. The lowest BCUT2D eigenvalue weighted by Gasteiger charge is -2.11. The Hall–Kier alpha value is -2.21. The molecular weight excluding hydrogens is 200 g/mol. The van der Waals surface area contributed by atoms with Crippen LogP contribution in [0.3, 0.4) is 0 Å². The molecule has 80 valence electrons. The maximum Gasteiger partial charge on any atom is 0.143 e. The van der Waals surface area contributed by atoms with E-state index in [1.54, 1.807) is 6.07 Å². The highest BCUT2D eigenvalue weighted by molar-refractivity contribution is 5.49. The highest BCUT2D eigenvalue weighted by atomic mass is 16.5. The molecule has 0 unspecified atom stereocenters. The van der Waals surface area contributed by atoms with Gasteiger partial charge in [0.1, 0.15) is 17.5 Å². The van der Waals surface area contributed by atoms with Crippen molar-refractivity contribution < 1.29 is 4.74 Å². The molecule has 0 N–H and O–H groups in total. The fourth-order valence-electron chi connectivity index (χ4n) is 1.62. The Kier molecular flexibility index (Phi) is 2.93. The first-order valence-corrected chi connectivity index (χ1v) is 5.16. The first kappa shape index (κ1) is 10.3. The summed E-state index contributed by atoms with van der Waals surface area (Å²) in [4.78, 5) is 0. The fraction of sp³-hybridized carbons (Fsp3) is 0.154. The minimum atomic E-state index is 0.604. The molecule has 0 spiro atoms. The molecule has 0 fully saturated rings. The molecule has 0 saturated carbocycles. The van der Waals surface area contributed by atoms with Crippen LogP contribution in [-0.2, 0) is 0 Å². The second-order valence-electron chi connectivity index (χ2n) is 3.28. The molecule has 0 aliphatic heterocycles. The van der Waals surface area contributed by atoms with Gasteiger partial charge < -0.3 is 9.30 Å². The van der Waals surface area contributed by atoms with Crippen LogP contribution in [0.15, 0.2) is 42.6 Å². The molecule has 0 aliphatic rings. The Morgan fingerprint density at radius 2 is 2.06 bits per heavy atom. The topological polar surface area (TPSA) is 38.0 Å². The van der Waals surface area contributed by atoms with Crippen LogP contribution >= 0.6 is 0 Å². The Morgan fingerprint density at radius 3 is 2.81 bits per heavy atom. The number of benzene rings is 1. The first-order valence-electron chi connectivity index (χ1n) is 5.16. The van der Waals surface area contributed by atoms with Crippen molar-refractivity contribution >= 4 is 0 Å². The largest absolute Gasteiger partial charge is 0.492 e. The molecule has 0 saturated heterocycles. The van der Waals surface area contributed by atoms with E-state index in [4.69, 9.17) is 10.00 Å². The van der Waals surface area contributed by atoms with Crippen LogP contribution < -0.4 is 4.74 Å². The van der Waals surface area contributed by atoms with Crippen molar-refractivity contribution in [3.8, 4) is 17.5 Å². The third kappa shape index (κ3) is 1.78. The predicted molar refractivity (Wildman–Crippen MR) is 61.7 cm³/mol. The van der Waals surface area contributed by atoms with Crippen LogP contribution in [-0.4, -0.2) is 11.2 Å². The second kappa shape index (κ2) is 4.54. The van der Waals surface area contributed by atoms with Crippen molar-refractivity contribution in [3.05, 3.63) is 48.3 Å². The summed E-state index contributed by atoms with van der Waals surface area (Å²) in [5.41, 5.74) is 1.50. The van der Waals surface area contributed by atoms with Crippen molar-refractivity contribution in [2.75, 3.05) is 6.61 Å². The number of nitriles is 1. The quantitative estimate of drug-likeness (QED) is 0.784. The van der Waals surface area contributed by atoms with Gasteiger partial charge in [-0.1, -0.05) is 12.1 Å². The van der Waals surface area contributed by atoms with E-state index in [-0.39, 0.29) is 0 Å². The zero-order chi connectivity index (χ0) is 11.4. The normalized spacial score (nSPS) is 9.75. The van der Waals surface area contributed by atoms with Gasteiger partial charge in [0.15, 0.2) is 0 Å². The fourth-order valence-corrected chi connectivity index (χ4v) is 1.62. The number of nitrogens with zero attached hydrogens (tertiary/aromatic N) is 2. The van der Waals surface area contributed by atoms with E-state index in [0.717, 1.165) is 11.4 Å². The molecule has 3 nitrogen and oxygen atoms in total. The molecule has 1 aromatic carbocycles. The van der Waals surface area contributed by atoms with Gasteiger partial charge in [0, 0.05) is 6.20 Å². The van der Waals surface area contributed by atoms with Crippen molar-refractivity contribution in [2.24, 2.45) is 0 Å². The number of hydrogen-bond donors (Lipinski definition) is 0. The lowest BCUT2D eigenvalue weighted by molar-refractivity contribution is 0.339. The van der Waals surface area contributed by atoms with Gasteiger partial charge in [0.25, 0.3) is 0 Å². The summed E-state index contributed by atoms with van der Waals surface area (Å²) in [5, 5.41) is 8.98. The van der Waals surface area contributed by atoms with Crippen molar-refractivity contribution in [3.63, 3.8) is 0 Å². The Balaban J connectivity index is 2.52. The smallest absolute Gasteiger partial charge is 0.143 e. The van der Waals surface area contributed by atoms with Gasteiger partial charge in [-0.2, -0.15) is 5.26 Å². The molecule has 0 aliphatic carbocycles. The monoisotopic (exact) mass is 212 g/mol. The van der Waals surface area contributed by atoms with Gasteiger partial charge in [-0.3, -0.25) is 0 Å². The zero-order valence-corrected chi connectivity index (χ0v) is 9.05. The molecule has 2 rings (SSSR count). The number of para-hydroxylation sites is 2. The van der Waals surface area contributed by atoms with Gasteiger partial charge in [-0.05, 0) is 31.2 Å². The average molecular weight is 212 g/mol.